The van der Waals surface area contributed by atoms with Gasteiger partial charge in [-0.15, -0.1) is 0 Å². The smallest absolute Gasteiger partial charge is 0.410 e. The van der Waals surface area contributed by atoms with E-state index in [2.05, 4.69) is 27.9 Å². The SMILES string of the molecule is O=C(Oc1ccc(I)c2ccccc12)N1CCNCC1. The summed E-state index contributed by atoms with van der Waals surface area (Å²) in [6.07, 6.45) is -0.266. The van der Waals surface area contributed by atoms with Crippen molar-refractivity contribution in [1.82, 2.24) is 10.2 Å². The Kier molecular flexibility index (Phi) is 4.07. The van der Waals surface area contributed by atoms with Gasteiger partial charge in [0.2, 0.25) is 0 Å². The molecule has 1 aliphatic rings. The Balaban J connectivity index is 1.87. The predicted octanol–water partition coefficient (Wildman–Crippen LogP) is 2.85. The third-order valence-corrected chi connectivity index (χ3v) is 4.34. The molecular weight excluding hydrogens is 367 g/mol. The van der Waals surface area contributed by atoms with E-state index in [0.717, 1.165) is 27.4 Å². The molecule has 1 amide bonds. The molecule has 0 aromatic heterocycles. The lowest BCUT2D eigenvalue weighted by Gasteiger charge is -2.26. The van der Waals surface area contributed by atoms with Crippen LogP contribution in [0.2, 0.25) is 0 Å². The van der Waals surface area contributed by atoms with E-state index >= 15 is 0 Å². The van der Waals surface area contributed by atoms with Gasteiger partial charge in [0.15, 0.2) is 0 Å². The highest BCUT2D eigenvalue weighted by atomic mass is 127. The maximum absolute atomic E-state index is 12.2. The first-order valence-electron chi connectivity index (χ1n) is 6.60. The first kappa shape index (κ1) is 13.6. The topological polar surface area (TPSA) is 41.6 Å². The molecule has 1 heterocycles. The molecule has 1 saturated heterocycles. The van der Waals surface area contributed by atoms with Crippen LogP contribution in [0, 0.1) is 3.57 Å². The number of fused-ring (bicyclic) bond motifs is 1. The molecule has 0 saturated carbocycles. The summed E-state index contributed by atoms with van der Waals surface area (Å²) in [7, 11) is 0. The Morgan fingerprint density at radius 1 is 1.10 bits per heavy atom. The van der Waals surface area contributed by atoms with Gasteiger partial charge in [0, 0.05) is 35.1 Å². The Morgan fingerprint density at radius 3 is 2.55 bits per heavy atom. The van der Waals surface area contributed by atoms with E-state index in [4.69, 9.17) is 4.74 Å². The first-order chi connectivity index (χ1) is 9.75. The molecule has 104 valence electrons. The highest BCUT2D eigenvalue weighted by molar-refractivity contribution is 14.1. The van der Waals surface area contributed by atoms with Crippen LogP contribution in [0.25, 0.3) is 10.8 Å². The monoisotopic (exact) mass is 382 g/mol. The summed E-state index contributed by atoms with van der Waals surface area (Å²) in [5, 5.41) is 5.30. The lowest BCUT2D eigenvalue weighted by molar-refractivity contribution is 0.146. The molecule has 0 spiro atoms. The van der Waals surface area contributed by atoms with Crippen molar-refractivity contribution >= 4 is 39.5 Å². The van der Waals surface area contributed by atoms with Crippen molar-refractivity contribution in [3.8, 4) is 5.75 Å². The van der Waals surface area contributed by atoms with Gasteiger partial charge in [0.25, 0.3) is 0 Å². The second kappa shape index (κ2) is 5.97. The molecule has 0 bridgehead atoms. The lowest BCUT2D eigenvalue weighted by atomic mass is 10.1. The van der Waals surface area contributed by atoms with Gasteiger partial charge in [-0.05, 0) is 40.1 Å². The van der Waals surface area contributed by atoms with E-state index in [1.54, 1.807) is 4.90 Å². The van der Waals surface area contributed by atoms with Crippen molar-refractivity contribution in [3.63, 3.8) is 0 Å². The van der Waals surface area contributed by atoms with Gasteiger partial charge in [-0.25, -0.2) is 4.79 Å². The van der Waals surface area contributed by atoms with Crippen LogP contribution in [0.15, 0.2) is 36.4 Å². The zero-order chi connectivity index (χ0) is 13.9. The molecule has 1 N–H and O–H groups in total. The first-order valence-corrected chi connectivity index (χ1v) is 7.68. The molecule has 20 heavy (non-hydrogen) atoms. The van der Waals surface area contributed by atoms with Crippen molar-refractivity contribution in [2.75, 3.05) is 26.2 Å². The summed E-state index contributed by atoms with van der Waals surface area (Å²) in [6, 6.07) is 11.8. The standard InChI is InChI=1S/C15H15IN2O2/c16-13-5-6-14(12-4-2-1-3-11(12)13)20-15(19)18-9-7-17-8-10-18/h1-6,17H,7-10H2. The Bertz CT molecular complexity index is 639. The Labute approximate surface area is 131 Å². The number of ether oxygens (including phenoxy) is 1. The molecule has 4 nitrogen and oxygen atoms in total. The minimum atomic E-state index is -0.266. The maximum Gasteiger partial charge on any atom is 0.415 e. The largest absolute Gasteiger partial charge is 0.415 e. The number of piperazine rings is 1. The van der Waals surface area contributed by atoms with E-state index in [1.807, 2.05) is 36.4 Å². The molecule has 2 aromatic rings. The summed E-state index contributed by atoms with van der Waals surface area (Å²) in [6.45, 7) is 3.04. The van der Waals surface area contributed by atoms with E-state index in [0.29, 0.717) is 18.8 Å². The third kappa shape index (κ3) is 2.73. The average molecular weight is 382 g/mol. The summed E-state index contributed by atoms with van der Waals surface area (Å²) in [4.78, 5) is 13.9. The predicted molar refractivity (Wildman–Crippen MR) is 87.1 cm³/mol. The van der Waals surface area contributed by atoms with E-state index in [1.165, 1.54) is 0 Å². The molecule has 2 aromatic carbocycles. The van der Waals surface area contributed by atoms with E-state index in [9.17, 15) is 4.79 Å². The van der Waals surface area contributed by atoms with Gasteiger partial charge in [0.05, 0.1) is 0 Å². The van der Waals surface area contributed by atoms with Crippen molar-refractivity contribution in [1.29, 1.82) is 0 Å². The van der Waals surface area contributed by atoms with Gasteiger partial charge in [0.1, 0.15) is 5.75 Å². The number of rotatable bonds is 1. The zero-order valence-electron chi connectivity index (χ0n) is 10.9. The number of carbonyl (C=O) groups excluding carboxylic acids is 1. The number of hydrogen-bond acceptors (Lipinski definition) is 3. The van der Waals surface area contributed by atoms with Crippen LogP contribution in [0.1, 0.15) is 0 Å². The van der Waals surface area contributed by atoms with Crippen LogP contribution >= 0.6 is 22.6 Å². The lowest BCUT2D eigenvalue weighted by Crippen LogP contribution is -2.47. The van der Waals surface area contributed by atoms with Gasteiger partial charge in [-0.1, -0.05) is 24.3 Å². The summed E-state index contributed by atoms with van der Waals surface area (Å²) < 4.78 is 6.73. The van der Waals surface area contributed by atoms with Crippen molar-refractivity contribution in [3.05, 3.63) is 40.0 Å². The molecule has 5 heteroatoms. The van der Waals surface area contributed by atoms with Gasteiger partial charge < -0.3 is 15.0 Å². The van der Waals surface area contributed by atoms with Crippen LogP contribution < -0.4 is 10.1 Å². The molecule has 1 fully saturated rings. The molecule has 0 aliphatic carbocycles. The quantitative estimate of drug-likeness (QED) is 0.772. The Hall–Kier alpha value is -1.34. The molecule has 0 unspecified atom stereocenters. The normalized spacial score (nSPS) is 15.3. The minimum absolute atomic E-state index is 0.266. The zero-order valence-corrected chi connectivity index (χ0v) is 13.1. The maximum atomic E-state index is 12.2. The fourth-order valence-corrected chi connectivity index (χ4v) is 2.98. The number of amides is 1. The number of nitrogens with one attached hydrogen (secondary N) is 1. The number of halogens is 1. The van der Waals surface area contributed by atoms with E-state index < -0.39 is 0 Å². The molecule has 0 atom stereocenters. The molecule has 1 aliphatic heterocycles. The average Bonchev–Trinajstić information content (AvgIpc) is 2.51. The van der Waals surface area contributed by atoms with Gasteiger partial charge in [-0.2, -0.15) is 0 Å². The number of hydrogen-bond donors (Lipinski definition) is 1. The second-order valence-electron chi connectivity index (χ2n) is 4.70. The fraction of sp³-hybridized carbons (Fsp3) is 0.267. The minimum Gasteiger partial charge on any atom is -0.410 e. The molecular formula is C15H15IN2O2. The van der Waals surface area contributed by atoms with Crippen LogP contribution in [0.4, 0.5) is 4.79 Å². The van der Waals surface area contributed by atoms with Gasteiger partial charge >= 0.3 is 6.09 Å². The van der Waals surface area contributed by atoms with Crippen molar-refractivity contribution in [2.24, 2.45) is 0 Å². The number of benzene rings is 2. The summed E-state index contributed by atoms with van der Waals surface area (Å²) >= 11 is 2.29. The number of carbonyl (C=O) groups is 1. The highest BCUT2D eigenvalue weighted by Gasteiger charge is 2.19. The fourth-order valence-electron chi connectivity index (χ4n) is 2.33. The van der Waals surface area contributed by atoms with Crippen LogP contribution in [0.3, 0.4) is 0 Å². The Morgan fingerprint density at radius 2 is 1.80 bits per heavy atom. The third-order valence-electron chi connectivity index (χ3n) is 3.40. The number of nitrogens with zero attached hydrogens (tertiary/aromatic N) is 1. The molecule has 3 rings (SSSR count). The summed E-state index contributed by atoms with van der Waals surface area (Å²) in [5.41, 5.74) is 0. The van der Waals surface area contributed by atoms with Crippen LogP contribution in [0.5, 0.6) is 5.75 Å². The van der Waals surface area contributed by atoms with Crippen molar-refractivity contribution < 1.29 is 9.53 Å². The second-order valence-corrected chi connectivity index (χ2v) is 5.86. The summed E-state index contributed by atoms with van der Waals surface area (Å²) in [5.74, 6) is 0.629. The molecule has 0 radical (unpaired) electrons. The van der Waals surface area contributed by atoms with Crippen LogP contribution in [-0.4, -0.2) is 37.2 Å². The van der Waals surface area contributed by atoms with E-state index in [-0.39, 0.29) is 6.09 Å². The highest BCUT2D eigenvalue weighted by Crippen LogP contribution is 2.29. The van der Waals surface area contributed by atoms with Crippen molar-refractivity contribution in [2.45, 2.75) is 0 Å². The van der Waals surface area contributed by atoms with Gasteiger partial charge in [-0.3, -0.25) is 0 Å². The van der Waals surface area contributed by atoms with Crippen LogP contribution in [-0.2, 0) is 0 Å².